The highest BCUT2D eigenvalue weighted by molar-refractivity contribution is 7.89. The van der Waals surface area contributed by atoms with Crippen LogP contribution in [0.25, 0.3) is 0 Å². The fourth-order valence-electron chi connectivity index (χ4n) is 0.979. The summed E-state index contributed by atoms with van der Waals surface area (Å²) in [4.78, 5) is 9.82. The Labute approximate surface area is 91.5 Å². The fraction of sp³-hybridized carbons (Fsp3) is 0.125. The molecule has 0 aliphatic rings. The molecule has 1 amide bonds. The summed E-state index contributed by atoms with van der Waals surface area (Å²) < 4.78 is 38.0. The van der Waals surface area contributed by atoms with E-state index in [1.807, 2.05) is 4.72 Å². The zero-order valence-electron chi connectivity index (χ0n) is 8.10. The molecule has 0 heterocycles. The van der Waals surface area contributed by atoms with E-state index < -0.39 is 33.2 Å². The molecule has 0 saturated carbocycles. The Kier molecular flexibility index (Phi) is 3.45. The smallest absolute Gasteiger partial charge is 0.243 e. The first-order chi connectivity index (χ1) is 7.33. The second kappa shape index (κ2) is 4.45. The summed E-state index contributed by atoms with van der Waals surface area (Å²) in [6.07, 6.45) is 0. The minimum atomic E-state index is -4.08. The van der Waals surface area contributed by atoms with Crippen molar-refractivity contribution >= 4 is 21.6 Å². The van der Waals surface area contributed by atoms with E-state index in [1.54, 1.807) is 0 Å². The van der Waals surface area contributed by atoms with Crippen molar-refractivity contribution in [1.82, 2.24) is 4.72 Å². The SMILES string of the molecule is NC(=O)CNS(=O)(=O)c1ccc(N)cc1F. The van der Waals surface area contributed by atoms with Gasteiger partial charge in [0.1, 0.15) is 10.7 Å². The van der Waals surface area contributed by atoms with Gasteiger partial charge in [-0.25, -0.2) is 17.5 Å². The van der Waals surface area contributed by atoms with Crippen LogP contribution in [0.2, 0.25) is 0 Å². The standard InChI is InChI=1S/C8H10FN3O3S/c9-6-3-5(10)1-2-7(6)16(14,15)12-4-8(11)13/h1-3,12H,4,10H2,(H2,11,13). The molecule has 88 valence electrons. The Hall–Kier alpha value is -1.67. The Morgan fingerprint density at radius 2 is 2.06 bits per heavy atom. The molecule has 6 nitrogen and oxygen atoms in total. The van der Waals surface area contributed by atoms with Crippen molar-refractivity contribution in [2.75, 3.05) is 12.3 Å². The van der Waals surface area contributed by atoms with Crippen LogP contribution in [0.1, 0.15) is 0 Å². The van der Waals surface area contributed by atoms with Crippen LogP contribution in [-0.4, -0.2) is 20.9 Å². The minimum Gasteiger partial charge on any atom is -0.399 e. The summed E-state index contributed by atoms with van der Waals surface area (Å²) in [6, 6.07) is 3.12. The van der Waals surface area contributed by atoms with Gasteiger partial charge in [-0.3, -0.25) is 4.79 Å². The highest BCUT2D eigenvalue weighted by Gasteiger charge is 2.19. The molecule has 0 saturated heterocycles. The molecule has 1 aromatic carbocycles. The van der Waals surface area contributed by atoms with Crippen molar-refractivity contribution in [2.24, 2.45) is 5.73 Å². The van der Waals surface area contributed by atoms with Gasteiger partial charge in [-0.1, -0.05) is 0 Å². The van der Waals surface area contributed by atoms with Gasteiger partial charge in [0.15, 0.2) is 0 Å². The van der Waals surface area contributed by atoms with Gasteiger partial charge in [0.2, 0.25) is 15.9 Å². The molecule has 8 heteroatoms. The lowest BCUT2D eigenvalue weighted by Gasteiger charge is -2.06. The third-order valence-corrected chi connectivity index (χ3v) is 3.12. The van der Waals surface area contributed by atoms with Gasteiger partial charge in [-0.05, 0) is 18.2 Å². The number of amides is 1. The number of carbonyl (C=O) groups excluding carboxylic acids is 1. The zero-order chi connectivity index (χ0) is 12.3. The maximum Gasteiger partial charge on any atom is 0.243 e. The summed E-state index contributed by atoms with van der Waals surface area (Å²) in [5, 5.41) is 0. The Bertz CT molecular complexity index is 515. The second-order valence-electron chi connectivity index (χ2n) is 2.98. The first-order valence-corrected chi connectivity index (χ1v) is 5.64. The molecule has 0 fully saturated rings. The third-order valence-electron chi connectivity index (χ3n) is 1.68. The topological polar surface area (TPSA) is 115 Å². The van der Waals surface area contributed by atoms with E-state index in [1.165, 1.54) is 6.07 Å². The first kappa shape index (κ1) is 12.4. The molecule has 0 aromatic heterocycles. The number of hydrogen-bond acceptors (Lipinski definition) is 4. The Balaban J connectivity index is 3.03. The van der Waals surface area contributed by atoms with Gasteiger partial charge in [-0.15, -0.1) is 0 Å². The second-order valence-corrected chi connectivity index (χ2v) is 4.72. The normalized spacial score (nSPS) is 11.3. The number of nitrogens with one attached hydrogen (secondary N) is 1. The number of nitrogens with two attached hydrogens (primary N) is 2. The zero-order valence-corrected chi connectivity index (χ0v) is 8.92. The first-order valence-electron chi connectivity index (χ1n) is 4.16. The lowest BCUT2D eigenvalue weighted by molar-refractivity contribution is -0.116. The van der Waals surface area contributed by atoms with E-state index in [4.69, 9.17) is 11.5 Å². The Morgan fingerprint density at radius 3 is 2.56 bits per heavy atom. The van der Waals surface area contributed by atoms with Crippen molar-refractivity contribution in [2.45, 2.75) is 4.90 Å². The number of carbonyl (C=O) groups is 1. The van der Waals surface area contributed by atoms with E-state index in [2.05, 4.69) is 0 Å². The van der Waals surface area contributed by atoms with Crippen molar-refractivity contribution in [1.29, 1.82) is 0 Å². The number of primary amides is 1. The fourth-order valence-corrected chi connectivity index (χ4v) is 2.03. The quantitative estimate of drug-likeness (QED) is 0.602. The number of anilines is 1. The lowest BCUT2D eigenvalue weighted by Crippen LogP contribution is -2.33. The van der Waals surface area contributed by atoms with E-state index in [-0.39, 0.29) is 5.69 Å². The molecule has 1 rings (SSSR count). The summed E-state index contributed by atoms with van der Waals surface area (Å²) >= 11 is 0. The summed E-state index contributed by atoms with van der Waals surface area (Å²) in [5.74, 6) is -1.85. The average Bonchev–Trinajstić information content (AvgIpc) is 2.14. The van der Waals surface area contributed by atoms with Crippen molar-refractivity contribution in [3.8, 4) is 0 Å². The van der Waals surface area contributed by atoms with Crippen LogP contribution in [0.4, 0.5) is 10.1 Å². The predicted octanol–water partition coefficient (Wildman–Crippen LogP) is -0.828. The Morgan fingerprint density at radius 1 is 1.44 bits per heavy atom. The molecule has 0 bridgehead atoms. The lowest BCUT2D eigenvalue weighted by atomic mass is 10.3. The number of benzene rings is 1. The van der Waals surface area contributed by atoms with E-state index >= 15 is 0 Å². The van der Waals surface area contributed by atoms with Crippen molar-refractivity contribution in [3.63, 3.8) is 0 Å². The van der Waals surface area contributed by atoms with Gasteiger partial charge in [-0.2, -0.15) is 0 Å². The van der Waals surface area contributed by atoms with E-state index in [0.29, 0.717) is 0 Å². The maximum atomic E-state index is 13.3. The molecular weight excluding hydrogens is 237 g/mol. The van der Waals surface area contributed by atoms with Gasteiger partial charge in [0, 0.05) is 5.69 Å². The highest BCUT2D eigenvalue weighted by Crippen LogP contribution is 2.16. The number of halogens is 1. The van der Waals surface area contributed by atoms with Crippen LogP contribution < -0.4 is 16.2 Å². The van der Waals surface area contributed by atoms with E-state index in [0.717, 1.165) is 12.1 Å². The monoisotopic (exact) mass is 247 g/mol. The molecule has 1 aromatic rings. The molecule has 0 spiro atoms. The van der Waals surface area contributed by atoms with Gasteiger partial charge < -0.3 is 11.5 Å². The molecular formula is C8H10FN3O3S. The van der Waals surface area contributed by atoms with Gasteiger partial charge >= 0.3 is 0 Å². The minimum absolute atomic E-state index is 0.103. The summed E-state index contributed by atoms with van der Waals surface area (Å²) in [7, 11) is -4.08. The average molecular weight is 247 g/mol. The number of hydrogen-bond donors (Lipinski definition) is 3. The molecule has 0 unspecified atom stereocenters. The van der Waals surface area contributed by atoms with Crippen LogP contribution in [0.3, 0.4) is 0 Å². The number of sulfonamides is 1. The van der Waals surface area contributed by atoms with E-state index in [9.17, 15) is 17.6 Å². The molecule has 0 aliphatic carbocycles. The van der Waals surface area contributed by atoms with Crippen LogP contribution in [-0.2, 0) is 14.8 Å². The molecule has 0 aliphatic heterocycles. The number of nitrogen functional groups attached to an aromatic ring is 1. The molecule has 0 atom stereocenters. The van der Waals surface area contributed by atoms with Crippen molar-refractivity contribution in [3.05, 3.63) is 24.0 Å². The third kappa shape index (κ3) is 2.91. The summed E-state index contributed by atoms with van der Waals surface area (Å²) in [6.45, 7) is -0.591. The van der Waals surface area contributed by atoms with Crippen LogP contribution in [0, 0.1) is 5.82 Å². The molecule has 0 radical (unpaired) electrons. The van der Waals surface area contributed by atoms with Crippen LogP contribution in [0.15, 0.2) is 23.1 Å². The highest BCUT2D eigenvalue weighted by atomic mass is 32.2. The van der Waals surface area contributed by atoms with Crippen LogP contribution in [0.5, 0.6) is 0 Å². The number of rotatable bonds is 4. The van der Waals surface area contributed by atoms with Crippen molar-refractivity contribution < 1.29 is 17.6 Å². The summed E-state index contributed by atoms with van der Waals surface area (Å²) in [5.41, 5.74) is 10.1. The predicted molar refractivity (Wildman–Crippen MR) is 55.2 cm³/mol. The largest absolute Gasteiger partial charge is 0.399 e. The molecule has 5 N–H and O–H groups in total. The van der Waals surface area contributed by atoms with Crippen LogP contribution >= 0.6 is 0 Å². The van der Waals surface area contributed by atoms with Gasteiger partial charge in [0.05, 0.1) is 6.54 Å². The van der Waals surface area contributed by atoms with Gasteiger partial charge in [0.25, 0.3) is 0 Å². The maximum absolute atomic E-state index is 13.3. The molecule has 16 heavy (non-hydrogen) atoms.